The summed E-state index contributed by atoms with van der Waals surface area (Å²) in [5, 5.41) is 0.967. The van der Waals surface area contributed by atoms with Gasteiger partial charge in [-0.1, -0.05) is 0 Å². The standard InChI is InChI=1S/C13H10N2O2S2/c14-9-1-2-11-8(3-9)4-12(19-11)13(16)17-6-10-5-15-7-18-10/h1-5,7H,6,14H2. The summed E-state index contributed by atoms with van der Waals surface area (Å²) < 4.78 is 6.27. The molecule has 0 fully saturated rings. The number of benzene rings is 1. The van der Waals surface area contributed by atoms with E-state index in [9.17, 15) is 4.79 Å². The molecule has 2 heterocycles. The van der Waals surface area contributed by atoms with Gasteiger partial charge in [-0.15, -0.1) is 22.7 Å². The SMILES string of the molecule is Nc1ccc2sc(C(=O)OCc3cncs3)cc2c1. The fourth-order valence-corrected chi connectivity index (χ4v) is 3.13. The van der Waals surface area contributed by atoms with Gasteiger partial charge in [0.1, 0.15) is 11.5 Å². The van der Waals surface area contributed by atoms with Crippen molar-refractivity contribution in [2.45, 2.75) is 6.61 Å². The molecule has 0 bridgehead atoms. The zero-order valence-electron chi connectivity index (χ0n) is 9.83. The highest BCUT2D eigenvalue weighted by atomic mass is 32.1. The van der Waals surface area contributed by atoms with Gasteiger partial charge in [0, 0.05) is 16.6 Å². The Morgan fingerprint density at radius 3 is 3.05 bits per heavy atom. The van der Waals surface area contributed by atoms with Crippen molar-refractivity contribution in [1.82, 2.24) is 4.98 Å². The summed E-state index contributed by atoms with van der Waals surface area (Å²) in [4.78, 5) is 17.4. The number of thiophene rings is 1. The fraction of sp³-hybridized carbons (Fsp3) is 0.0769. The van der Waals surface area contributed by atoms with Gasteiger partial charge in [0.2, 0.25) is 0 Å². The van der Waals surface area contributed by atoms with Crippen LogP contribution in [-0.4, -0.2) is 11.0 Å². The average molecular weight is 290 g/mol. The predicted octanol–water partition coefficient (Wildman–Crippen LogP) is 3.30. The van der Waals surface area contributed by atoms with Gasteiger partial charge >= 0.3 is 5.97 Å². The number of nitrogens with zero attached hydrogens (tertiary/aromatic N) is 1. The molecule has 0 amide bonds. The molecule has 0 spiro atoms. The van der Waals surface area contributed by atoms with Crippen LogP contribution in [0, 0.1) is 0 Å². The van der Waals surface area contributed by atoms with Gasteiger partial charge in [-0.2, -0.15) is 0 Å². The number of carbonyl (C=O) groups is 1. The van der Waals surface area contributed by atoms with Crippen molar-refractivity contribution >= 4 is 44.4 Å². The lowest BCUT2D eigenvalue weighted by molar-refractivity contribution is 0.0482. The van der Waals surface area contributed by atoms with Crippen LogP contribution in [0.15, 0.2) is 36.0 Å². The number of esters is 1. The molecule has 1 aromatic carbocycles. The fourth-order valence-electron chi connectivity index (χ4n) is 1.68. The number of ether oxygens (including phenoxy) is 1. The van der Waals surface area contributed by atoms with Gasteiger partial charge in [-0.3, -0.25) is 4.98 Å². The third-order valence-corrected chi connectivity index (χ3v) is 4.42. The second-order valence-corrected chi connectivity index (χ2v) is 6.01. The molecule has 2 aromatic heterocycles. The summed E-state index contributed by atoms with van der Waals surface area (Å²) in [6.07, 6.45) is 1.70. The molecule has 3 rings (SSSR count). The van der Waals surface area contributed by atoms with Crippen LogP contribution in [0.3, 0.4) is 0 Å². The van der Waals surface area contributed by atoms with Gasteiger partial charge < -0.3 is 10.5 Å². The van der Waals surface area contributed by atoms with Gasteiger partial charge in [0.15, 0.2) is 0 Å². The van der Waals surface area contributed by atoms with Gasteiger partial charge in [0.25, 0.3) is 0 Å². The average Bonchev–Trinajstić information content (AvgIpc) is 3.04. The third kappa shape index (κ3) is 2.59. The van der Waals surface area contributed by atoms with Crippen LogP contribution in [0.5, 0.6) is 0 Å². The predicted molar refractivity (Wildman–Crippen MR) is 77.5 cm³/mol. The van der Waals surface area contributed by atoms with Crippen LogP contribution >= 0.6 is 22.7 Å². The van der Waals surface area contributed by atoms with Crippen LogP contribution in [0.25, 0.3) is 10.1 Å². The highest BCUT2D eigenvalue weighted by Gasteiger charge is 2.12. The molecule has 0 aliphatic carbocycles. The zero-order valence-corrected chi connectivity index (χ0v) is 11.5. The Morgan fingerprint density at radius 1 is 1.37 bits per heavy atom. The Bertz CT molecular complexity index is 719. The molecular formula is C13H10N2O2S2. The van der Waals surface area contributed by atoms with E-state index in [2.05, 4.69) is 4.98 Å². The Balaban J connectivity index is 1.77. The second-order valence-electron chi connectivity index (χ2n) is 3.95. The van der Waals surface area contributed by atoms with Gasteiger partial charge in [-0.25, -0.2) is 4.79 Å². The lowest BCUT2D eigenvalue weighted by Gasteiger charge is -1.99. The van der Waals surface area contributed by atoms with Crippen molar-refractivity contribution in [2.75, 3.05) is 5.73 Å². The molecule has 4 nitrogen and oxygen atoms in total. The molecule has 0 aliphatic heterocycles. The number of nitrogens with two attached hydrogens (primary N) is 1. The van der Waals surface area contributed by atoms with Crippen molar-refractivity contribution in [3.05, 3.63) is 45.7 Å². The number of hydrogen-bond acceptors (Lipinski definition) is 6. The second kappa shape index (κ2) is 4.99. The molecule has 6 heteroatoms. The molecule has 96 valence electrons. The molecule has 0 unspecified atom stereocenters. The summed E-state index contributed by atoms with van der Waals surface area (Å²) in [5.74, 6) is -0.312. The number of carbonyl (C=O) groups excluding carboxylic acids is 1. The zero-order chi connectivity index (χ0) is 13.2. The first kappa shape index (κ1) is 12.1. The molecule has 0 atom stereocenters. The van der Waals surface area contributed by atoms with Crippen LogP contribution in [0.1, 0.15) is 14.5 Å². The Labute approximate surface area is 117 Å². The van der Waals surface area contributed by atoms with E-state index < -0.39 is 0 Å². The van der Waals surface area contributed by atoms with Crippen molar-refractivity contribution in [1.29, 1.82) is 0 Å². The van der Waals surface area contributed by atoms with Crippen LogP contribution in [0.2, 0.25) is 0 Å². The smallest absolute Gasteiger partial charge is 0.348 e. The van der Waals surface area contributed by atoms with Gasteiger partial charge in [0.05, 0.1) is 10.4 Å². The molecule has 2 N–H and O–H groups in total. The first-order valence-corrected chi connectivity index (χ1v) is 7.25. The number of nitrogen functional groups attached to an aromatic ring is 1. The summed E-state index contributed by atoms with van der Waals surface area (Å²) in [7, 11) is 0. The first-order chi connectivity index (χ1) is 9.22. The van der Waals surface area contributed by atoms with E-state index >= 15 is 0 Å². The summed E-state index contributed by atoms with van der Waals surface area (Å²) in [5.41, 5.74) is 8.12. The van der Waals surface area contributed by atoms with Gasteiger partial charge in [-0.05, 0) is 29.7 Å². The van der Waals surface area contributed by atoms with E-state index in [1.54, 1.807) is 11.7 Å². The van der Waals surface area contributed by atoms with E-state index in [1.807, 2.05) is 24.3 Å². The quantitative estimate of drug-likeness (QED) is 0.594. The van der Waals surface area contributed by atoms with Crippen molar-refractivity contribution in [2.24, 2.45) is 0 Å². The third-order valence-electron chi connectivity index (χ3n) is 2.57. The van der Waals surface area contributed by atoms with Crippen LogP contribution in [-0.2, 0) is 11.3 Å². The monoisotopic (exact) mass is 290 g/mol. The van der Waals surface area contributed by atoms with Crippen molar-refractivity contribution in [3.8, 4) is 0 Å². The van der Waals surface area contributed by atoms with E-state index in [0.717, 1.165) is 15.0 Å². The number of anilines is 1. The number of rotatable bonds is 3. The number of thiazole rings is 1. The normalized spacial score (nSPS) is 10.7. The number of aromatic nitrogens is 1. The molecule has 19 heavy (non-hydrogen) atoms. The molecule has 0 saturated carbocycles. The Morgan fingerprint density at radius 2 is 2.26 bits per heavy atom. The molecule has 0 saturated heterocycles. The minimum Gasteiger partial charge on any atom is -0.456 e. The maximum atomic E-state index is 11.9. The topological polar surface area (TPSA) is 65.2 Å². The highest BCUT2D eigenvalue weighted by Crippen LogP contribution is 2.28. The summed E-state index contributed by atoms with van der Waals surface area (Å²) in [6.45, 7) is 0.264. The van der Waals surface area contributed by atoms with E-state index in [-0.39, 0.29) is 12.6 Å². The van der Waals surface area contributed by atoms with Crippen molar-refractivity contribution in [3.63, 3.8) is 0 Å². The van der Waals surface area contributed by atoms with E-state index in [0.29, 0.717) is 10.6 Å². The molecular weight excluding hydrogens is 280 g/mol. The molecule has 3 aromatic rings. The maximum Gasteiger partial charge on any atom is 0.348 e. The van der Waals surface area contributed by atoms with Crippen LogP contribution in [0.4, 0.5) is 5.69 Å². The molecule has 0 aliphatic rings. The number of hydrogen-bond donors (Lipinski definition) is 1. The lowest BCUT2D eigenvalue weighted by Crippen LogP contribution is -2.01. The molecule has 0 radical (unpaired) electrons. The number of fused-ring (bicyclic) bond motifs is 1. The minimum atomic E-state index is -0.312. The largest absolute Gasteiger partial charge is 0.456 e. The maximum absolute atomic E-state index is 11.9. The van der Waals surface area contributed by atoms with E-state index in [1.165, 1.54) is 22.7 Å². The van der Waals surface area contributed by atoms with Crippen molar-refractivity contribution < 1.29 is 9.53 Å². The summed E-state index contributed by atoms with van der Waals surface area (Å²) >= 11 is 2.87. The Hall–Kier alpha value is -1.92. The summed E-state index contributed by atoms with van der Waals surface area (Å²) in [6, 6.07) is 7.40. The Kier molecular flexibility index (Phi) is 3.18. The lowest BCUT2D eigenvalue weighted by atomic mass is 10.2. The van der Waals surface area contributed by atoms with E-state index in [4.69, 9.17) is 10.5 Å². The minimum absolute atomic E-state index is 0.264. The van der Waals surface area contributed by atoms with Crippen LogP contribution < -0.4 is 5.73 Å². The first-order valence-electron chi connectivity index (χ1n) is 5.56. The highest BCUT2D eigenvalue weighted by molar-refractivity contribution is 7.20.